The monoisotopic (exact) mass is 691 g/mol. The number of hydrogen-bond acceptors (Lipinski definition) is 2. The molecule has 0 N–H and O–H groups in total. The van der Waals surface area contributed by atoms with E-state index in [1.54, 1.807) is 4.40 Å². The van der Waals surface area contributed by atoms with Crippen LogP contribution >= 0.6 is 0 Å². The Hall–Kier alpha value is -5.32. The maximum absolute atomic E-state index is 6.49. The van der Waals surface area contributed by atoms with E-state index in [1.165, 1.54) is 71.6 Å². The van der Waals surface area contributed by atoms with Crippen LogP contribution in [0.5, 0.6) is 0 Å². The van der Waals surface area contributed by atoms with Gasteiger partial charge in [-0.2, -0.15) is 0 Å². The van der Waals surface area contributed by atoms with Crippen molar-refractivity contribution in [3.05, 3.63) is 175 Å². The molecule has 8 aromatic rings. The van der Waals surface area contributed by atoms with Gasteiger partial charge in [0.05, 0.1) is 0 Å². The predicted octanol–water partition coefficient (Wildman–Crippen LogP) is 11.7. The molecule has 49 heavy (non-hydrogen) atoms. The molecule has 10 rings (SSSR count). The van der Waals surface area contributed by atoms with E-state index in [0.29, 0.717) is 0 Å². The first-order valence-electron chi connectivity index (χ1n) is 17.4. The van der Waals surface area contributed by atoms with Crippen LogP contribution in [0.1, 0.15) is 11.1 Å². The van der Waals surface area contributed by atoms with E-state index in [-0.39, 0.29) is 0 Å². The molecule has 234 valence electrons. The summed E-state index contributed by atoms with van der Waals surface area (Å²) in [6, 6.07) is 60.6. The van der Waals surface area contributed by atoms with Gasteiger partial charge in [0, 0.05) is 0 Å². The molecule has 3 heteroatoms. The molecule has 0 fully saturated rings. The summed E-state index contributed by atoms with van der Waals surface area (Å²) in [7, 11) is 0. The number of anilines is 2. The van der Waals surface area contributed by atoms with Crippen molar-refractivity contribution in [3.8, 4) is 33.4 Å². The number of hydrogen-bond donors (Lipinski definition) is 0. The summed E-state index contributed by atoms with van der Waals surface area (Å²) in [5.41, 5.74) is 15.3. The number of para-hydroxylation sites is 2. The summed E-state index contributed by atoms with van der Waals surface area (Å²) in [6.45, 7) is 0. The number of aryl methyl sites for hydroxylation is 2. The SMILES string of the molecule is c1ccc(-c2ccc3c(c2)C[CH2][Ge]2([c]4ccccc4-c4ccccc4)[CH2]Cc4cc(-c5cccc6c5oc5ccccc56)ccc4[N]32)cc1. The summed E-state index contributed by atoms with van der Waals surface area (Å²) >= 11 is -2.98. The van der Waals surface area contributed by atoms with Crippen LogP contribution < -0.4 is 8.25 Å². The van der Waals surface area contributed by atoms with Gasteiger partial charge >= 0.3 is 291 Å². The third kappa shape index (κ3) is 4.54. The van der Waals surface area contributed by atoms with Gasteiger partial charge in [0.2, 0.25) is 0 Å². The van der Waals surface area contributed by atoms with E-state index in [2.05, 4.69) is 168 Å². The Morgan fingerprint density at radius 3 is 1.82 bits per heavy atom. The molecule has 0 aliphatic carbocycles. The number of furan rings is 1. The Morgan fingerprint density at radius 2 is 1.04 bits per heavy atom. The molecule has 7 aromatic carbocycles. The third-order valence-electron chi connectivity index (χ3n) is 11.0. The summed E-state index contributed by atoms with van der Waals surface area (Å²) < 4.78 is 11.0. The third-order valence-corrected chi connectivity index (χ3v) is 21.4. The van der Waals surface area contributed by atoms with Gasteiger partial charge in [-0.3, -0.25) is 0 Å². The first-order valence-corrected chi connectivity index (χ1v) is 22.4. The molecule has 0 radical (unpaired) electrons. The number of nitrogens with zero attached hydrogens (tertiary/aromatic N) is 1. The minimum atomic E-state index is -2.98. The fraction of sp³-hybridized carbons (Fsp3) is 0.0870. The molecule has 0 spiro atoms. The molecule has 0 saturated carbocycles. The second-order valence-electron chi connectivity index (χ2n) is 13.6. The summed E-state index contributed by atoms with van der Waals surface area (Å²) in [4.78, 5) is 0. The maximum atomic E-state index is 6.49. The number of rotatable bonds is 4. The fourth-order valence-electron chi connectivity index (χ4n) is 8.73. The Labute approximate surface area is 289 Å². The van der Waals surface area contributed by atoms with E-state index in [1.807, 2.05) is 0 Å². The van der Waals surface area contributed by atoms with Crippen molar-refractivity contribution >= 4 is 51.2 Å². The molecule has 1 aromatic heterocycles. The van der Waals surface area contributed by atoms with Gasteiger partial charge in [-0.15, -0.1) is 0 Å². The van der Waals surface area contributed by atoms with Gasteiger partial charge in [-0.1, -0.05) is 0 Å². The van der Waals surface area contributed by atoms with Gasteiger partial charge in [0.15, 0.2) is 0 Å². The normalized spacial score (nSPS) is 16.7. The first-order chi connectivity index (χ1) is 24.3. The Morgan fingerprint density at radius 1 is 0.449 bits per heavy atom. The second kappa shape index (κ2) is 11.4. The van der Waals surface area contributed by atoms with E-state index < -0.39 is 13.5 Å². The molecule has 0 saturated heterocycles. The summed E-state index contributed by atoms with van der Waals surface area (Å²) in [5, 5.41) is 4.83. The van der Waals surface area contributed by atoms with Crippen molar-refractivity contribution in [1.29, 1.82) is 0 Å². The molecule has 0 bridgehead atoms. The first kappa shape index (κ1) is 28.7. The van der Waals surface area contributed by atoms with Gasteiger partial charge in [-0.25, -0.2) is 0 Å². The van der Waals surface area contributed by atoms with Crippen molar-refractivity contribution in [2.24, 2.45) is 0 Å². The zero-order valence-corrected chi connectivity index (χ0v) is 29.4. The van der Waals surface area contributed by atoms with E-state index >= 15 is 0 Å². The average molecular weight is 690 g/mol. The molecule has 2 aliphatic heterocycles. The number of benzene rings is 7. The van der Waals surface area contributed by atoms with Crippen LogP contribution in [-0.2, 0) is 12.8 Å². The zero-order chi connectivity index (χ0) is 32.4. The van der Waals surface area contributed by atoms with Crippen molar-refractivity contribution in [2.75, 3.05) is 3.86 Å². The number of fused-ring (bicyclic) bond motifs is 8. The van der Waals surface area contributed by atoms with Crippen molar-refractivity contribution < 1.29 is 4.42 Å². The van der Waals surface area contributed by atoms with E-state index in [4.69, 9.17) is 4.42 Å². The standard InChI is InChI=1S/C46H35GeNO/c1-3-12-32(13-4-1)34-22-24-43-36(30-34)26-28-47(42-20-9-7-16-38(42)33-14-5-2-6-15-33)29-27-37-31-35(23-25-44(37)48(43)47)39-18-11-19-41-40-17-8-10-21-45(40)49-46(39)41/h1-25,30-31H,26-29H2. The molecule has 2 aliphatic rings. The summed E-state index contributed by atoms with van der Waals surface area (Å²) in [6.07, 6.45) is 2.22. The fourth-order valence-corrected chi connectivity index (χ4v) is 19.9. The molecule has 1 unspecified atom stereocenters. The van der Waals surface area contributed by atoms with Crippen LogP contribution in [0.25, 0.3) is 55.3 Å². The van der Waals surface area contributed by atoms with Crippen LogP contribution in [0.2, 0.25) is 10.5 Å². The van der Waals surface area contributed by atoms with Crippen molar-refractivity contribution in [1.82, 2.24) is 0 Å². The van der Waals surface area contributed by atoms with Crippen molar-refractivity contribution in [3.63, 3.8) is 0 Å². The van der Waals surface area contributed by atoms with Crippen LogP contribution in [0.15, 0.2) is 168 Å². The van der Waals surface area contributed by atoms with Crippen LogP contribution in [0.4, 0.5) is 11.4 Å². The molecule has 2 nitrogen and oxygen atoms in total. The average Bonchev–Trinajstić information content (AvgIpc) is 3.57. The van der Waals surface area contributed by atoms with E-state index in [0.717, 1.165) is 29.6 Å². The molecule has 3 heterocycles. The van der Waals surface area contributed by atoms with Gasteiger partial charge in [0.1, 0.15) is 0 Å². The molecular formula is C46H35GeNO. The quantitative estimate of drug-likeness (QED) is 0.171. The Balaban J connectivity index is 1.16. The predicted molar refractivity (Wildman–Crippen MR) is 207 cm³/mol. The molecular weight excluding hydrogens is 655 g/mol. The second-order valence-corrected chi connectivity index (χ2v) is 22.1. The minimum absolute atomic E-state index is 0.942. The van der Waals surface area contributed by atoms with Gasteiger partial charge < -0.3 is 0 Å². The Kier molecular flexibility index (Phi) is 6.67. The van der Waals surface area contributed by atoms with Crippen LogP contribution in [0, 0.1) is 0 Å². The zero-order valence-electron chi connectivity index (χ0n) is 27.3. The molecule has 1 atom stereocenters. The van der Waals surface area contributed by atoms with E-state index in [9.17, 15) is 0 Å². The topological polar surface area (TPSA) is 16.4 Å². The van der Waals surface area contributed by atoms with Crippen LogP contribution in [-0.4, -0.2) is 13.5 Å². The summed E-state index contributed by atoms with van der Waals surface area (Å²) in [5.74, 6) is 0. The molecule has 0 amide bonds. The van der Waals surface area contributed by atoms with Gasteiger partial charge in [-0.05, 0) is 0 Å². The Bertz CT molecular complexity index is 2520. The van der Waals surface area contributed by atoms with Crippen molar-refractivity contribution in [2.45, 2.75) is 23.3 Å². The van der Waals surface area contributed by atoms with Crippen LogP contribution in [0.3, 0.4) is 0 Å². The van der Waals surface area contributed by atoms with Gasteiger partial charge in [0.25, 0.3) is 0 Å².